The van der Waals surface area contributed by atoms with Crippen LogP contribution in [-0.4, -0.2) is 11.7 Å². The zero-order chi connectivity index (χ0) is 13.0. The van der Waals surface area contributed by atoms with Crippen molar-refractivity contribution < 1.29 is 9.52 Å². The molecule has 2 rings (SSSR count). The van der Waals surface area contributed by atoms with Crippen LogP contribution in [0.15, 0.2) is 41.0 Å². The number of rotatable bonds is 5. The number of nitrogens with one attached hydrogen (secondary N) is 1. The molecule has 1 aromatic heterocycles. The summed E-state index contributed by atoms with van der Waals surface area (Å²) in [6, 6.07) is 9.42. The summed E-state index contributed by atoms with van der Waals surface area (Å²) in [6.07, 6.45) is 0.939. The fraction of sp³-hybridized carbons (Fsp3) is 0.286. The molecule has 18 heavy (non-hydrogen) atoms. The zero-order valence-electron chi connectivity index (χ0n) is 10.2. The zero-order valence-corrected chi connectivity index (χ0v) is 10.9. The van der Waals surface area contributed by atoms with E-state index in [2.05, 4.69) is 5.32 Å². The first-order valence-electron chi connectivity index (χ1n) is 5.84. The quantitative estimate of drug-likeness (QED) is 0.873. The lowest BCUT2D eigenvalue weighted by molar-refractivity contribution is 0.147. The van der Waals surface area contributed by atoms with E-state index in [0.717, 1.165) is 16.1 Å². The summed E-state index contributed by atoms with van der Waals surface area (Å²) in [5.74, 6) is 0.579. The second-order valence-corrected chi connectivity index (χ2v) is 4.65. The van der Waals surface area contributed by atoms with Crippen LogP contribution in [0.1, 0.15) is 23.0 Å². The molecule has 0 bridgehead atoms. The minimum absolute atomic E-state index is 0.454. The molecular formula is C14H16ClNO2. The first-order valence-corrected chi connectivity index (χ1v) is 6.22. The van der Waals surface area contributed by atoms with Crippen LogP contribution >= 0.6 is 11.6 Å². The lowest BCUT2D eigenvalue weighted by Crippen LogP contribution is -2.20. The lowest BCUT2D eigenvalue weighted by atomic mass is 10.1. The van der Waals surface area contributed by atoms with E-state index >= 15 is 0 Å². The van der Waals surface area contributed by atoms with Crippen molar-refractivity contribution in [2.45, 2.75) is 19.6 Å². The van der Waals surface area contributed by atoms with Crippen molar-refractivity contribution in [3.05, 3.63) is 58.5 Å². The van der Waals surface area contributed by atoms with Crippen LogP contribution in [0.5, 0.6) is 0 Å². The Kier molecular flexibility index (Phi) is 4.42. The molecule has 0 unspecified atom stereocenters. The molecule has 0 saturated heterocycles. The molecule has 0 aliphatic heterocycles. The second-order valence-electron chi connectivity index (χ2n) is 4.25. The minimum atomic E-state index is -0.617. The Labute approximate surface area is 111 Å². The van der Waals surface area contributed by atoms with Gasteiger partial charge in [-0.15, -0.1) is 0 Å². The van der Waals surface area contributed by atoms with Crippen molar-refractivity contribution in [1.82, 2.24) is 5.32 Å². The summed E-state index contributed by atoms with van der Waals surface area (Å²) >= 11 is 5.96. The monoisotopic (exact) mass is 265 g/mol. The third kappa shape index (κ3) is 3.35. The van der Waals surface area contributed by atoms with Crippen molar-refractivity contribution >= 4 is 11.6 Å². The molecule has 4 heteroatoms. The minimum Gasteiger partial charge on any atom is -0.467 e. The van der Waals surface area contributed by atoms with E-state index in [9.17, 15) is 5.11 Å². The maximum absolute atomic E-state index is 9.81. The highest BCUT2D eigenvalue weighted by Gasteiger charge is 2.09. The molecule has 96 valence electrons. The highest BCUT2D eigenvalue weighted by Crippen LogP contribution is 2.16. The highest BCUT2D eigenvalue weighted by atomic mass is 35.5. The number of benzene rings is 1. The van der Waals surface area contributed by atoms with Gasteiger partial charge in [0.05, 0.1) is 6.26 Å². The summed E-state index contributed by atoms with van der Waals surface area (Å²) < 4.78 is 5.13. The number of hydrogen-bond donors (Lipinski definition) is 2. The van der Waals surface area contributed by atoms with E-state index in [1.165, 1.54) is 0 Å². The predicted molar refractivity (Wildman–Crippen MR) is 71.6 cm³/mol. The average Bonchev–Trinajstić information content (AvgIpc) is 2.87. The smallest absolute Gasteiger partial charge is 0.133 e. The summed E-state index contributed by atoms with van der Waals surface area (Å²) in [5, 5.41) is 13.8. The van der Waals surface area contributed by atoms with Gasteiger partial charge in [-0.3, -0.25) is 0 Å². The molecule has 2 aromatic rings. The van der Waals surface area contributed by atoms with Gasteiger partial charge in [-0.2, -0.15) is 0 Å². The summed E-state index contributed by atoms with van der Waals surface area (Å²) in [5.41, 5.74) is 2.20. The Bertz CT molecular complexity index is 497. The van der Waals surface area contributed by atoms with Crippen LogP contribution in [0.25, 0.3) is 0 Å². The third-order valence-electron chi connectivity index (χ3n) is 2.76. The van der Waals surface area contributed by atoms with Crippen LogP contribution in [0.4, 0.5) is 0 Å². The van der Waals surface area contributed by atoms with E-state index in [1.807, 2.05) is 25.1 Å². The molecule has 0 spiro atoms. The van der Waals surface area contributed by atoms with Gasteiger partial charge >= 0.3 is 0 Å². The molecule has 0 radical (unpaired) electrons. The SMILES string of the molecule is Cc1cc(CNC[C@H](O)c2ccco2)ccc1Cl. The van der Waals surface area contributed by atoms with Crippen molar-refractivity contribution in [1.29, 1.82) is 0 Å². The van der Waals surface area contributed by atoms with Crippen LogP contribution in [-0.2, 0) is 6.54 Å². The Morgan fingerprint density at radius 1 is 1.39 bits per heavy atom. The standard InChI is InChI=1S/C14H16ClNO2/c1-10-7-11(4-5-12(10)15)8-16-9-13(17)14-3-2-6-18-14/h2-7,13,16-17H,8-9H2,1H3/t13-/m0/s1. The van der Waals surface area contributed by atoms with E-state index < -0.39 is 6.10 Å². The topological polar surface area (TPSA) is 45.4 Å². The Morgan fingerprint density at radius 3 is 2.89 bits per heavy atom. The largest absolute Gasteiger partial charge is 0.467 e. The van der Waals surface area contributed by atoms with Crippen LogP contribution in [0.3, 0.4) is 0 Å². The fourth-order valence-electron chi connectivity index (χ4n) is 1.75. The molecule has 0 fully saturated rings. The van der Waals surface area contributed by atoms with Crippen molar-refractivity contribution in [2.75, 3.05) is 6.54 Å². The number of aliphatic hydroxyl groups excluding tert-OH is 1. The fourth-order valence-corrected chi connectivity index (χ4v) is 1.87. The molecule has 0 aliphatic carbocycles. The summed E-state index contributed by atoms with van der Waals surface area (Å²) in [7, 11) is 0. The highest BCUT2D eigenvalue weighted by molar-refractivity contribution is 6.31. The van der Waals surface area contributed by atoms with E-state index in [-0.39, 0.29) is 0 Å². The van der Waals surface area contributed by atoms with Crippen molar-refractivity contribution in [3.8, 4) is 0 Å². The van der Waals surface area contributed by atoms with E-state index in [0.29, 0.717) is 18.8 Å². The van der Waals surface area contributed by atoms with E-state index in [1.54, 1.807) is 18.4 Å². The van der Waals surface area contributed by atoms with Gasteiger partial charge in [0.25, 0.3) is 0 Å². The van der Waals surface area contributed by atoms with Gasteiger partial charge in [0, 0.05) is 18.1 Å². The Balaban J connectivity index is 1.83. The maximum Gasteiger partial charge on any atom is 0.133 e. The normalized spacial score (nSPS) is 12.6. The summed E-state index contributed by atoms with van der Waals surface area (Å²) in [6.45, 7) is 3.12. The van der Waals surface area contributed by atoms with Gasteiger partial charge in [0.1, 0.15) is 11.9 Å². The molecule has 0 saturated carbocycles. The molecule has 1 atom stereocenters. The first kappa shape index (κ1) is 13.1. The maximum atomic E-state index is 9.81. The van der Waals surface area contributed by atoms with Crippen LogP contribution < -0.4 is 5.32 Å². The van der Waals surface area contributed by atoms with Gasteiger partial charge in [-0.25, -0.2) is 0 Å². The Hall–Kier alpha value is -1.29. The van der Waals surface area contributed by atoms with Gasteiger partial charge < -0.3 is 14.8 Å². The van der Waals surface area contributed by atoms with Gasteiger partial charge in [-0.1, -0.05) is 23.7 Å². The van der Waals surface area contributed by atoms with E-state index in [4.69, 9.17) is 16.0 Å². The predicted octanol–water partition coefficient (Wildman–Crippen LogP) is 3.06. The van der Waals surface area contributed by atoms with Crippen LogP contribution in [0, 0.1) is 6.92 Å². The third-order valence-corrected chi connectivity index (χ3v) is 3.18. The van der Waals surface area contributed by atoms with Gasteiger partial charge in [-0.05, 0) is 36.2 Å². The molecule has 2 N–H and O–H groups in total. The molecule has 0 aliphatic rings. The van der Waals surface area contributed by atoms with Gasteiger partial charge in [0.2, 0.25) is 0 Å². The Morgan fingerprint density at radius 2 is 2.22 bits per heavy atom. The number of aliphatic hydroxyl groups is 1. The number of aryl methyl sites for hydroxylation is 1. The van der Waals surface area contributed by atoms with Crippen molar-refractivity contribution in [2.24, 2.45) is 0 Å². The second kappa shape index (κ2) is 6.05. The van der Waals surface area contributed by atoms with Crippen LogP contribution in [0.2, 0.25) is 5.02 Å². The molecule has 1 heterocycles. The van der Waals surface area contributed by atoms with Gasteiger partial charge in [0.15, 0.2) is 0 Å². The molecule has 3 nitrogen and oxygen atoms in total. The molecule has 1 aromatic carbocycles. The number of hydrogen-bond acceptors (Lipinski definition) is 3. The summed E-state index contributed by atoms with van der Waals surface area (Å²) in [4.78, 5) is 0. The average molecular weight is 266 g/mol. The molecule has 0 amide bonds. The number of furan rings is 1. The van der Waals surface area contributed by atoms with Crippen molar-refractivity contribution in [3.63, 3.8) is 0 Å². The lowest BCUT2D eigenvalue weighted by Gasteiger charge is -2.10. The molecular weight excluding hydrogens is 250 g/mol. The first-order chi connectivity index (χ1) is 8.66. The number of halogens is 1.